The molecule has 1 N–H and O–H groups in total. The van der Waals surface area contributed by atoms with Crippen molar-refractivity contribution in [1.29, 1.82) is 0 Å². The summed E-state index contributed by atoms with van der Waals surface area (Å²) >= 11 is 0. The van der Waals surface area contributed by atoms with Gasteiger partial charge in [0.05, 0.1) is 11.8 Å². The summed E-state index contributed by atoms with van der Waals surface area (Å²) < 4.78 is 44.3. The van der Waals surface area contributed by atoms with Crippen LogP contribution >= 0.6 is 0 Å². The first-order valence-electron chi connectivity index (χ1n) is 8.40. The molecular formula is C20H21F3N2O2. The third-order valence-electron chi connectivity index (χ3n) is 3.81. The van der Waals surface area contributed by atoms with Crippen molar-refractivity contribution < 1.29 is 22.7 Å². The van der Waals surface area contributed by atoms with Crippen LogP contribution in [-0.4, -0.2) is 18.7 Å². The molecule has 0 aliphatic rings. The van der Waals surface area contributed by atoms with Crippen LogP contribution in [0.25, 0.3) is 0 Å². The lowest BCUT2D eigenvalue weighted by Gasteiger charge is -2.14. The highest BCUT2D eigenvalue weighted by atomic mass is 19.4. The number of nitrogens with one attached hydrogen (secondary N) is 1. The van der Waals surface area contributed by atoms with Gasteiger partial charge in [0.1, 0.15) is 5.75 Å². The van der Waals surface area contributed by atoms with Gasteiger partial charge < -0.3 is 4.74 Å². The number of aryl methyl sites for hydroxylation is 1. The Labute approximate surface area is 156 Å². The van der Waals surface area contributed by atoms with Crippen molar-refractivity contribution >= 4 is 12.1 Å². The van der Waals surface area contributed by atoms with Gasteiger partial charge in [0.15, 0.2) is 6.61 Å². The molecule has 0 bridgehead atoms. The Morgan fingerprint density at radius 2 is 1.93 bits per heavy atom. The summed E-state index contributed by atoms with van der Waals surface area (Å²) in [6.07, 6.45) is -3.53. The summed E-state index contributed by atoms with van der Waals surface area (Å²) in [6.45, 7) is 5.65. The molecule has 0 aliphatic carbocycles. The molecule has 0 unspecified atom stereocenters. The van der Waals surface area contributed by atoms with Gasteiger partial charge in [-0.05, 0) is 36.1 Å². The molecule has 4 nitrogen and oxygen atoms in total. The molecule has 2 aromatic rings. The molecule has 0 aliphatic heterocycles. The number of nitrogens with zero attached hydrogens (tertiary/aromatic N) is 1. The van der Waals surface area contributed by atoms with Crippen molar-refractivity contribution in [3.8, 4) is 5.75 Å². The number of rotatable bonds is 6. The molecule has 0 fully saturated rings. The van der Waals surface area contributed by atoms with Gasteiger partial charge in [-0.1, -0.05) is 44.2 Å². The van der Waals surface area contributed by atoms with Gasteiger partial charge in [-0.25, -0.2) is 5.43 Å². The van der Waals surface area contributed by atoms with Gasteiger partial charge in [-0.15, -0.1) is 0 Å². The van der Waals surface area contributed by atoms with Crippen molar-refractivity contribution in [2.45, 2.75) is 32.9 Å². The lowest BCUT2D eigenvalue weighted by atomic mass is 10.0. The average molecular weight is 378 g/mol. The largest absolute Gasteiger partial charge is 0.483 e. The predicted molar refractivity (Wildman–Crippen MR) is 97.9 cm³/mol. The minimum absolute atomic E-state index is 0.132. The molecular weight excluding hydrogens is 357 g/mol. The van der Waals surface area contributed by atoms with Crippen molar-refractivity contribution in [3.05, 3.63) is 64.7 Å². The molecule has 0 saturated carbocycles. The zero-order valence-corrected chi connectivity index (χ0v) is 15.3. The van der Waals surface area contributed by atoms with Crippen molar-refractivity contribution in [1.82, 2.24) is 5.43 Å². The smallest absolute Gasteiger partial charge is 0.417 e. The summed E-state index contributed by atoms with van der Waals surface area (Å²) in [5.41, 5.74) is 3.20. The Bertz CT molecular complexity index is 830. The zero-order valence-electron chi connectivity index (χ0n) is 15.3. The maximum atomic E-state index is 12.9. The number of halogens is 3. The van der Waals surface area contributed by atoms with Gasteiger partial charge in [-0.3, -0.25) is 4.79 Å². The van der Waals surface area contributed by atoms with Crippen LogP contribution in [0, 0.1) is 6.92 Å². The van der Waals surface area contributed by atoms with Crippen LogP contribution in [-0.2, 0) is 11.0 Å². The Morgan fingerprint density at radius 1 is 1.22 bits per heavy atom. The summed E-state index contributed by atoms with van der Waals surface area (Å²) in [5, 5.41) is 3.60. The number of carbonyl (C=O) groups is 1. The van der Waals surface area contributed by atoms with Crippen LogP contribution in [0.5, 0.6) is 5.75 Å². The van der Waals surface area contributed by atoms with Gasteiger partial charge in [0, 0.05) is 5.56 Å². The number of amides is 1. The second-order valence-corrected chi connectivity index (χ2v) is 6.36. The number of benzene rings is 2. The third kappa shape index (κ3) is 5.84. The van der Waals surface area contributed by atoms with E-state index >= 15 is 0 Å². The Hall–Kier alpha value is -2.83. The predicted octanol–water partition coefficient (Wildman–Crippen LogP) is 4.67. The van der Waals surface area contributed by atoms with E-state index in [2.05, 4.69) is 10.5 Å². The highest BCUT2D eigenvalue weighted by molar-refractivity contribution is 5.84. The van der Waals surface area contributed by atoms with Crippen molar-refractivity contribution in [2.24, 2.45) is 5.10 Å². The Kier molecular flexibility index (Phi) is 6.60. The molecule has 0 aromatic heterocycles. The van der Waals surface area contributed by atoms with E-state index in [0.717, 1.165) is 23.4 Å². The monoisotopic (exact) mass is 378 g/mol. The molecule has 2 aromatic carbocycles. The summed E-state index contributed by atoms with van der Waals surface area (Å²) in [5.74, 6) is 0.263. The molecule has 27 heavy (non-hydrogen) atoms. The lowest BCUT2D eigenvalue weighted by Crippen LogP contribution is -2.25. The van der Waals surface area contributed by atoms with E-state index in [1.807, 2.05) is 39.0 Å². The second-order valence-electron chi connectivity index (χ2n) is 6.36. The molecule has 2 rings (SSSR count). The van der Waals surface area contributed by atoms with E-state index in [-0.39, 0.29) is 18.1 Å². The van der Waals surface area contributed by atoms with Crippen LogP contribution in [0.2, 0.25) is 0 Å². The quantitative estimate of drug-likeness (QED) is 0.587. The van der Waals surface area contributed by atoms with E-state index in [0.29, 0.717) is 5.75 Å². The maximum Gasteiger partial charge on any atom is 0.417 e. The van der Waals surface area contributed by atoms with E-state index in [4.69, 9.17) is 4.74 Å². The van der Waals surface area contributed by atoms with Crippen LogP contribution in [0.3, 0.4) is 0 Å². The second kappa shape index (κ2) is 8.70. The average Bonchev–Trinajstić information content (AvgIpc) is 2.59. The Balaban J connectivity index is 1.98. The maximum absolute atomic E-state index is 12.9. The van der Waals surface area contributed by atoms with E-state index in [1.165, 1.54) is 18.2 Å². The number of carbonyl (C=O) groups excluding carboxylic acids is 1. The minimum Gasteiger partial charge on any atom is -0.483 e. The third-order valence-corrected chi connectivity index (χ3v) is 3.81. The molecule has 7 heteroatoms. The zero-order chi connectivity index (χ0) is 20.0. The summed E-state index contributed by atoms with van der Waals surface area (Å²) in [6, 6.07) is 10.7. The van der Waals surface area contributed by atoms with Crippen LogP contribution < -0.4 is 10.2 Å². The lowest BCUT2D eigenvalue weighted by molar-refractivity contribution is -0.137. The molecule has 1 amide bonds. The van der Waals surface area contributed by atoms with Gasteiger partial charge in [-0.2, -0.15) is 18.3 Å². The molecule has 0 saturated heterocycles. The molecule has 0 radical (unpaired) electrons. The number of ether oxygens (including phenoxy) is 1. The normalized spacial score (nSPS) is 11.8. The minimum atomic E-state index is -4.49. The van der Waals surface area contributed by atoms with Crippen LogP contribution in [0.4, 0.5) is 13.2 Å². The Morgan fingerprint density at radius 3 is 2.59 bits per heavy atom. The van der Waals surface area contributed by atoms with E-state index in [9.17, 15) is 18.0 Å². The molecule has 0 atom stereocenters. The number of alkyl halides is 3. The molecule has 0 spiro atoms. The van der Waals surface area contributed by atoms with E-state index in [1.54, 1.807) is 0 Å². The fourth-order valence-electron chi connectivity index (χ4n) is 2.46. The highest BCUT2D eigenvalue weighted by Gasteiger charge is 2.32. The number of hydrogen-bond acceptors (Lipinski definition) is 3. The SMILES string of the molecule is Cc1ccc(C(C)C)c(OCC(=O)NN=Cc2ccccc2C(F)(F)F)c1. The highest BCUT2D eigenvalue weighted by Crippen LogP contribution is 2.31. The first-order chi connectivity index (χ1) is 12.7. The fraction of sp³-hybridized carbons (Fsp3) is 0.300. The van der Waals surface area contributed by atoms with Gasteiger partial charge in [0.25, 0.3) is 5.91 Å². The number of hydrazone groups is 1. The number of hydrogen-bond donors (Lipinski definition) is 1. The standard InChI is InChI=1S/C20H21F3N2O2/c1-13(2)16-9-8-14(3)10-18(16)27-12-19(26)25-24-11-15-6-4-5-7-17(15)20(21,22)23/h4-11,13H,12H2,1-3H3,(H,25,26). The molecule has 0 heterocycles. The van der Waals surface area contributed by atoms with Gasteiger partial charge in [0.2, 0.25) is 0 Å². The molecule has 144 valence electrons. The van der Waals surface area contributed by atoms with Crippen LogP contribution in [0.1, 0.15) is 42.0 Å². The first kappa shape index (κ1) is 20.5. The summed E-state index contributed by atoms with van der Waals surface area (Å²) in [4.78, 5) is 11.9. The summed E-state index contributed by atoms with van der Waals surface area (Å²) in [7, 11) is 0. The van der Waals surface area contributed by atoms with Crippen molar-refractivity contribution in [3.63, 3.8) is 0 Å². The van der Waals surface area contributed by atoms with E-state index < -0.39 is 17.6 Å². The topological polar surface area (TPSA) is 50.7 Å². The fourth-order valence-corrected chi connectivity index (χ4v) is 2.46. The van der Waals surface area contributed by atoms with Crippen LogP contribution in [0.15, 0.2) is 47.6 Å². The van der Waals surface area contributed by atoms with Crippen molar-refractivity contribution in [2.75, 3.05) is 6.61 Å². The van der Waals surface area contributed by atoms with Gasteiger partial charge >= 0.3 is 6.18 Å². The first-order valence-corrected chi connectivity index (χ1v) is 8.40.